The van der Waals surface area contributed by atoms with Crippen LogP contribution in [0.4, 0.5) is 0 Å². The summed E-state index contributed by atoms with van der Waals surface area (Å²) in [6, 6.07) is 0. The van der Waals surface area contributed by atoms with Gasteiger partial charge in [-0.1, -0.05) is 193 Å². The summed E-state index contributed by atoms with van der Waals surface area (Å²) in [7, 11) is 0. The summed E-state index contributed by atoms with van der Waals surface area (Å²) in [5, 5.41) is 0. The molecule has 0 aliphatic carbocycles. The van der Waals surface area contributed by atoms with E-state index >= 15 is 0 Å². The molecule has 1 atom stereocenters. The lowest BCUT2D eigenvalue weighted by Gasteiger charge is -2.18. The fraction of sp³-hybridized carbons (Fsp3) is 0.875. The Hall–Kier alpha value is -1.58. The topological polar surface area (TPSA) is 52.6 Å². The molecular formula is C48H90O4. The first-order chi connectivity index (χ1) is 25.6. The predicted octanol–water partition coefficient (Wildman–Crippen LogP) is 16.0. The number of hydrogen-bond donors (Lipinski definition) is 0. The molecule has 1 unspecified atom stereocenters. The van der Waals surface area contributed by atoms with Crippen LogP contribution in [-0.2, 0) is 19.1 Å². The number of esters is 2. The van der Waals surface area contributed by atoms with Gasteiger partial charge in [-0.05, 0) is 77.0 Å². The maximum Gasteiger partial charge on any atom is 0.306 e. The Bertz CT molecular complexity index is 787. The van der Waals surface area contributed by atoms with Crippen LogP contribution in [-0.4, -0.2) is 24.6 Å². The van der Waals surface area contributed by atoms with E-state index in [1.54, 1.807) is 0 Å². The third-order valence-electron chi connectivity index (χ3n) is 10.4. The van der Waals surface area contributed by atoms with Gasteiger partial charge < -0.3 is 9.47 Å². The maximum absolute atomic E-state index is 12.7. The lowest BCUT2D eigenvalue weighted by molar-refractivity contribution is -0.159. The van der Waals surface area contributed by atoms with Gasteiger partial charge in [0.05, 0.1) is 0 Å². The first-order valence-corrected chi connectivity index (χ1v) is 23.3. The van der Waals surface area contributed by atoms with Gasteiger partial charge in [-0.2, -0.15) is 0 Å². The Morgan fingerprint density at radius 1 is 0.385 bits per heavy atom. The molecule has 0 aliphatic rings. The van der Waals surface area contributed by atoms with Gasteiger partial charge in [-0.25, -0.2) is 0 Å². The molecule has 0 aromatic rings. The van der Waals surface area contributed by atoms with Crippen molar-refractivity contribution < 1.29 is 19.1 Å². The number of ether oxygens (including phenoxy) is 2. The lowest BCUT2D eigenvalue weighted by atomic mass is 10.1. The molecule has 0 spiro atoms. The summed E-state index contributed by atoms with van der Waals surface area (Å²) < 4.78 is 11.5. The van der Waals surface area contributed by atoms with E-state index in [0.29, 0.717) is 12.8 Å². The van der Waals surface area contributed by atoms with Gasteiger partial charge >= 0.3 is 11.9 Å². The second kappa shape index (κ2) is 43.8. The Morgan fingerprint density at radius 3 is 1.08 bits per heavy atom. The second-order valence-corrected chi connectivity index (χ2v) is 15.7. The van der Waals surface area contributed by atoms with Crippen LogP contribution < -0.4 is 0 Å². The zero-order valence-electron chi connectivity index (χ0n) is 35.4. The Balaban J connectivity index is 4.12. The molecule has 0 N–H and O–H groups in total. The van der Waals surface area contributed by atoms with Crippen LogP contribution >= 0.6 is 0 Å². The van der Waals surface area contributed by atoms with Crippen LogP contribution in [0.2, 0.25) is 0 Å². The van der Waals surface area contributed by atoms with E-state index in [1.165, 1.54) is 180 Å². The number of rotatable bonds is 42. The minimum atomic E-state index is -0.311. The monoisotopic (exact) mass is 731 g/mol. The summed E-state index contributed by atoms with van der Waals surface area (Å²) in [4.78, 5) is 25.2. The molecule has 52 heavy (non-hydrogen) atoms. The molecule has 0 rings (SSSR count). The van der Waals surface area contributed by atoms with Gasteiger partial charge in [0.15, 0.2) is 0 Å². The summed E-state index contributed by atoms with van der Waals surface area (Å²) in [6.45, 7) is 7.01. The van der Waals surface area contributed by atoms with Crippen molar-refractivity contribution in [2.24, 2.45) is 0 Å². The first kappa shape index (κ1) is 50.4. The SMILES string of the molecule is CCCCCCCC/C=C\CCCCCCCC(=O)OCC(CCCCCCCCCC)OC(=O)CCCCCCC/C=C\CCCCCCCC. The van der Waals surface area contributed by atoms with E-state index in [0.717, 1.165) is 44.9 Å². The molecule has 0 saturated carbocycles. The van der Waals surface area contributed by atoms with E-state index in [-0.39, 0.29) is 24.6 Å². The van der Waals surface area contributed by atoms with Gasteiger partial charge in [0.25, 0.3) is 0 Å². The standard InChI is InChI=1S/C48H90O4/c1-4-7-10-13-16-19-21-23-25-27-29-31-34-37-40-43-47(49)51-45-46(42-39-36-33-18-15-12-9-6-3)52-48(50)44-41-38-35-32-30-28-26-24-22-20-17-14-11-8-5-2/h23-26,46H,4-22,27-45H2,1-3H3/b25-23-,26-24-. The fourth-order valence-corrected chi connectivity index (χ4v) is 6.87. The minimum absolute atomic E-state index is 0.129. The number of carbonyl (C=O) groups is 2. The van der Waals surface area contributed by atoms with Crippen molar-refractivity contribution in [1.29, 1.82) is 0 Å². The Kier molecular flexibility index (Phi) is 42.5. The van der Waals surface area contributed by atoms with Crippen molar-refractivity contribution in [2.45, 2.75) is 264 Å². The molecule has 0 radical (unpaired) electrons. The lowest BCUT2D eigenvalue weighted by Crippen LogP contribution is -2.25. The highest BCUT2D eigenvalue weighted by atomic mass is 16.6. The molecule has 0 fully saturated rings. The molecule has 0 bridgehead atoms. The molecule has 0 aromatic carbocycles. The van der Waals surface area contributed by atoms with Crippen LogP contribution in [0, 0.1) is 0 Å². The van der Waals surface area contributed by atoms with Crippen molar-refractivity contribution in [3.8, 4) is 0 Å². The first-order valence-electron chi connectivity index (χ1n) is 23.3. The zero-order valence-corrected chi connectivity index (χ0v) is 35.4. The molecule has 0 aliphatic heterocycles. The molecule has 0 amide bonds. The highest BCUT2D eigenvalue weighted by Gasteiger charge is 2.17. The molecule has 0 aromatic heterocycles. The number of unbranched alkanes of at least 4 members (excludes halogenated alkanes) is 29. The van der Waals surface area contributed by atoms with Crippen LogP contribution in [0.15, 0.2) is 24.3 Å². The average molecular weight is 731 g/mol. The molecule has 4 nitrogen and oxygen atoms in total. The highest BCUT2D eigenvalue weighted by Crippen LogP contribution is 2.16. The van der Waals surface area contributed by atoms with Crippen molar-refractivity contribution >= 4 is 11.9 Å². The molecule has 306 valence electrons. The largest absolute Gasteiger partial charge is 0.462 e. The summed E-state index contributed by atoms with van der Waals surface area (Å²) in [5.41, 5.74) is 0. The predicted molar refractivity (Wildman–Crippen MR) is 227 cm³/mol. The van der Waals surface area contributed by atoms with Crippen LogP contribution in [0.5, 0.6) is 0 Å². The summed E-state index contributed by atoms with van der Waals surface area (Å²) in [6.07, 6.45) is 53.2. The third kappa shape index (κ3) is 41.2. The van der Waals surface area contributed by atoms with Crippen LogP contribution in [0.3, 0.4) is 0 Å². The van der Waals surface area contributed by atoms with E-state index < -0.39 is 0 Å². The Labute approximate surface area is 325 Å². The van der Waals surface area contributed by atoms with Gasteiger partial charge in [0, 0.05) is 12.8 Å². The quantitative estimate of drug-likeness (QED) is 0.0356. The van der Waals surface area contributed by atoms with E-state index in [1.807, 2.05) is 0 Å². The number of carbonyl (C=O) groups excluding carboxylic acids is 2. The fourth-order valence-electron chi connectivity index (χ4n) is 6.87. The van der Waals surface area contributed by atoms with Crippen molar-refractivity contribution in [2.75, 3.05) is 6.61 Å². The van der Waals surface area contributed by atoms with Crippen molar-refractivity contribution in [1.82, 2.24) is 0 Å². The third-order valence-corrected chi connectivity index (χ3v) is 10.4. The normalized spacial score (nSPS) is 12.3. The van der Waals surface area contributed by atoms with Gasteiger partial charge in [0.2, 0.25) is 0 Å². The van der Waals surface area contributed by atoms with Gasteiger partial charge in [0.1, 0.15) is 12.7 Å². The van der Waals surface area contributed by atoms with E-state index in [4.69, 9.17) is 9.47 Å². The second-order valence-electron chi connectivity index (χ2n) is 15.7. The van der Waals surface area contributed by atoms with Crippen LogP contribution in [0.1, 0.15) is 258 Å². The van der Waals surface area contributed by atoms with E-state index in [2.05, 4.69) is 45.1 Å². The van der Waals surface area contributed by atoms with Crippen molar-refractivity contribution in [3.05, 3.63) is 24.3 Å². The minimum Gasteiger partial charge on any atom is -0.462 e. The van der Waals surface area contributed by atoms with Gasteiger partial charge in [-0.15, -0.1) is 0 Å². The molecule has 0 saturated heterocycles. The molecule has 4 heteroatoms. The zero-order chi connectivity index (χ0) is 37.8. The number of hydrogen-bond acceptors (Lipinski definition) is 4. The van der Waals surface area contributed by atoms with Crippen LogP contribution in [0.25, 0.3) is 0 Å². The summed E-state index contributed by atoms with van der Waals surface area (Å²) >= 11 is 0. The smallest absolute Gasteiger partial charge is 0.306 e. The maximum atomic E-state index is 12.7. The molecular weight excluding hydrogens is 641 g/mol. The molecule has 0 heterocycles. The van der Waals surface area contributed by atoms with Crippen molar-refractivity contribution in [3.63, 3.8) is 0 Å². The Morgan fingerprint density at radius 2 is 0.692 bits per heavy atom. The van der Waals surface area contributed by atoms with E-state index in [9.17, 15) is 9.59 Å². The highest BCUT2D eigenvalue weighted by molar-refractivity contribution is 5.70. The average Bonchev–Trinajstić information content (AvgIpc) is 3.14. The van der Waals surface area contributed by atoms with Gasteiger partial charge in [-0.3, -0.25) is 9.59 Å². The number of allylic oxidation sites excluding steroid dienone is 4. The summed E-state index contributed by atoms with van der Waals surface area (Å²) in [5.74, 6) is -0.276.